The molecule has 0 aliphatic heterocycles. The zero-order valence-corrected chi connectivity index (χ0v) is 14.2. The number of rotatable bonds is 7. The van der Waals surface area contributed by atoms with Crippen LogP contribution < -0.4 is 9.46 Å². The van der Waals surface area contributed by atoms with E-state index in [1.165, 1.54) is 18.2 Å². The molecule has 0 saturated carbocycles. The van der Waals surface area contributed by atoms with Gasteiger partial charge in [-0.15, -0.1) is 0 Å². The first-order chi connectivity index (χ1) is 11.3. The van der Waals surface area contributed by atoms with E-state index in [1.54, 1.807) is 0 Å². The summed E-state index contributed by atoms with van der Waals surface area (Å²) in [6, 6.07) is 10.7. The smallest absolute Gasteiger partial charge is 0.270 e. The Bertz CT molecular complexity index is 849. The maximum Gasteiger partial charge on any atom is 0.270 e. The Morgan fingerprint density at radius 1 is 1.17 bits per heavy atom. The predicted molar refractivity (Wildman–Crippen MR) is 89.7 cm³/mol. The van der Waals surface area contributed by atoms with E-state index in [9.17, 15) is 18.5 Å². The molecule has 0 fully saturated rings. The summed E-state index contributed by atoms with van der Waals surface area (Å²) in [5, 5.41) is 10.7. The molecule has 2 rings (SSSR count). The second kappa shape index (κ2) is 7.41. The third-order valence-electron chi connectivity index (χ3n) is 3.33. The van der Waals surface area contributed by atoms with E-state index in [4.69, 9.17) is 4.74 Å². The highest BCUT2D eigenvalue weighted by Crippen LogP contribution is 2.19. The number of sulfonamides is 1. The van der Waals surface area contributed by atoms with Crippen LogP contribution in [-0.4, -0.2) is 26.5 Å². The fourth-order valence-electron chi connectivity index (χ4n) is 2.05. The largest absolute Gasteiger partial charge is 0.492 e. The molecule has 0 heterocycles. The maximum absolute atomic E-state index is 12.2. The Morgan fingerprint density at radius 3 is 2.62 bits per heavy atom. The zero-order valence-electron chi connectivity index (χ0n) is 13.4. The highest BCUT2D eigenvalue weighted by atomic mass is 32.2. The van der Waals surface area contributed by atoms with E-state index in [-0.39, 0.29) is 23.7 Å². The number of nitro benzene ring substituents is 1. The van der Waals surface area contributed by atoms with E-state index < -0.39 is 14.9 Å². The minimum absolute atomic E-state index is 0.0540. The molecule has 0 aromatic heterocycles. The van der Waals surface area contributed by atoms with Crippen LogP contribution in [-0.2, 0) is 10.0 Å². The molecular weight excluding hydrogens is 332 g/mol. The van der Waals surface area contributed by atoms with Crippen molar-refractivity contribution in [1.82, 2.24) is 4.72 Å². The minimum atomic E-state index is -3.82. The molecule has 128 valence electrons. The Labute approximate surface area is 140 Å². The number of nitro groups is 1. The minimum Gasteiger partial charge on any atom is -0.492 e. The first kappa shape index (κ1) is 17.9. The molecule has 0 atom stereocenters. The molecule has 0 saturated heterocycles. The predicted octanol–water partition coefficient (Wildman–Crippen LogP) is 2.57. The summed E-state index contributed by atoms with van der Waals surface area (Å²) in [4.78, 5) is 9.94. The molecule has 0 bridgehead atoms. The zero-order chi connectivity index (χ0) is 17.7. The Morgan fingerprint density at radius 2 is 1.92 bits per heavy atom. The van der Waals surface area contributed by atoms with Gasteiger partial charge in [-0.05, 0) is 37.1 Å². The number of aryl methyl sites for hydroxylation is 2. The SMILES string of the molecule is Cc1ccc(C)c(OCCNS(=O)(=O)c2cccc([N+](=O)[O-])c2)c1. The summed E-state index contributed by atoms with van der Waals surface area (Å²) >= 11 is 0. The molecule has 0 amide bonds. The molecule has 24 heavy (non-hydrogen) atoms. The highest BCUT2D eigenvalue weighted by Gasteiger charge is 2.17. The van der Waals surface area contributed by atoms with Crippen molar-refractivity contribution in [2.24, 2.45) is 0 Å². The number of nitrogens with one attached hydrogen (secondary N) is 1. The van der Waals surface area contributed by atoms with Crippen LogP contribution in [0.5, 0.6) is 5.75 Å². The Balaban J connectivity index is 1.97. The summed E-state index contributed by atoms with van der Waals surface area (Å²) in [6.07, 6.45) is 0. The first-order valence-corrected chi connectivity index (χ1v) is 8.72. The van der Waals surface area contributed by atoms with Crippen molar-refractivity contribution in [1.29, 1.82) is 0 Å². The van der Waals surface area contributed by atoms with Crippen molar-refractivity contribution < 1.29 is 18.1 Å². The van der Waals surface area contributed by atoms with Crippen LogP contribution in [0.4, 0.5) is 5.69 Å². The number of benzene rings is 2. The first-order valence-electron chi connectivity index (χ1n) is 7.24. The van der Waals surface area contributed by atoms with Gasteiger partial charge in [-0.2, -0.15) is 0 Å². The van der Waals surface area contributed by atoms with E-state index >= 15 is 0 Å². The van der Waals surface area contributed by atoms with Gasteiger partial charge in [0.25, 0.3) is 5.69 Å². The molecule has 0 radical (unpaired) electrons. The Kier molecular flexibility index (Phi) is 5.53. The third kappa shape index (κ3) is 4.53. The molecule has 0 aliphatic carbocycles. The molecule has 8 heteroatoms. The Hall–Kier alpha value is -2.45. The lowest BCUT2D eigenvalue weighted by atomic mass is 10.1. The van der Waals surface area contributed by atoms with Crippen LogP contribution in [0.15, 0.2) is 47.4 Å². The molecule has 2 aromatic rings. The van der Waals surface area contributed by atoms with Gasteiger partial charge in [-0.1, -0.05) is 18.2 Å². The average Bonchev–Trinajstić information content (AvgIpc) is 2.54. The van der Waals surface area contributed by atoms with Gasteiger partial charge in [0, 0.05) is 18.7 Å². The quantitative estimate of drug-likeness (QED) is 0.470. The van der Waals surface area contributed by atoms with Crippen LogP contribution in [0.25, 0.3) is 0 Å². The average molecular weight is 350 g/mol. The van der Waals surface area contributed by atoms with Gasteiger partial charge in [-0.25, -0.2) is 13.1 Å². The van der Waals surface area contributed by atoms with Crippen molar-refractivity contribution in [2.45, 2.75) is 18.7 Å². The number of hydrogen-bond donors (Lipinski definition) is 1. The summed E-state index contributed by atoms with van der Waals surface area (Å²) < 4.78 is 32.2. The molecule has 1 N–H and O–H groups in total. The lowest BCUT2D eigenvalue weighted by molar-refractivity contribution is -0.385. The normalized spacial score (nSPS) is 11.2. The van der Waals surface area contributed by atoms with Crippen molar-refractivity contribution in [2.75, 3.05) is 13.2 Å². The van der Waals surface area contributed by atoms with Gasteiger partial charge in [0.15, 0.2) is 0 Å². The van der Waals surface area contributed by atoms with Crippen molar-refractivity contribution in [3.63, 3.8) is 0 Å². The molecule has 7 nitrogen and oxygen atoms in total. The van der Waals surface area contributed by atoms with Gasteiger partial charge >= 0.3 is 0 Å². The van der Waals surface area contributed by atoms with E-state index in [0.717, 1.165) is 17.2 Å². The number of hydrogen-bond acceptors (Lipinski definition) is 5. The third-order valence-corrected chi connectivity index (χ3v) is 4.79. The number of ether oxygens (including phenoxy) is 1. The second-order valence-corrected chi connectivity index (χ2v) is 7.04. The van der Waals surface area contributed by atoms with Crippen molar-refractivity contribution >= 4 is 15.7 Å². The fraction of sp³-hybridized carbons (Fsp3) is 0.250. The monoisotopic (exact) mass is 350 g/mol. The highest BCUT2D eigenvalue weighted by molar-refractivity contribution is 7.89. The van der Waals surface area contributed by atoms with Crippen molar-refractivity contribution in [3.05, 3.63) is 63.7 Å². The van der Waals surface area contributed by atoms with Crippen LogP contribution in [0.1, 0.15) is 11.1 Å². The van der Waals surface area contributed by atoms with Gasteiger partial charge in [-0.3, -0.25) is 10.1 Å². The topological polar surface area (TPSA) is 98.5 Å². The summed E-state index contributed by atoms with van der Waals surface area (Å²) in [6.45, 7) is 4.05. The molecular formula is C16H18N2O5S. The van der Waals surface area contributed by atoms with E-state index in [2.05, 4.69) is 4.72 Å². The molecule has 0 unspecified atom stereocenters. The molecule has 0 spiro atoms. The van der Waals surface area contributed by atoms with E-state index in [1.807, 2.05) is 32.0 Å². The van der Waals surface area contributed by atoms with Gasteiger partial charge in [0.1, 0.15) is 12.4 Å². The number of nitrogens with zero attached hydrogens (tertiary/aromatic N) is 1. The lowest BCUT2D eigenvalue weighted by Crippen LogP contribution is -2.28. The second-order valence-electron chi connectivity index (χ2n) is 5.27. The van der Waals surface area contributed by atoms with Crippen LogP contribution in [0.2, 0.25) is 0 Å². The van der Waals surface area contributed by atoms with Gasteiger partial charge in [0.05, 0.1) is 9.82 Å². The van der Waals surface area contributed by atoms with Crippen LogP contribution in [0.3, 0.4) is 0 Å². The van der Waals surface area contributed by atoms with Crippen molar-refractivity contribution in [3.8, 4) is 5.75 Å². The van der Waals surface area contributed by atoms with Gasteiger partial charge in [0.2, 0.25) is 10.0 Å². The summed E-state index contributed by atoms with van der Waals surface area (Å²) in [5.41, 5.74) is 1.74. The number of non-ortho nitro benzene ring substituents is 1. The summed E-state index contributed by atoms with van der Waals surface area (Å²) in [5.74, 6) is 0.699. The standard InChI is InChI=1S/C16H18N2O5S/c1-12-6-7-13(2)16(10-12)23-9-8-17-24(21,22)15-5-3-4-14(11-15)18(19)20/h3-7,10-11,17H,8-9H2,1-2H3. The summed E-state index contributed by atoms with van der Waals surface area (Å²) in [7, 11) is -3.82. The van der Waals surface area contributed by atoms with Gasteiger partial charge < -0.3 is 4.74 Å². The van der Waals surface area contributed by atoms with Crippen LogP contribution >= 0.6 is 0 Å². The van der Waals surface area contributed by atoms with Crippen LogP contribution in [0, 0.1) is 24.0 Å². The lowest BCUT2D eigenvalue weighted by Gasteiger charge is -2.11. The maximum atomic E-state index is 12.2. The molecule has 0 aliphatic rings. The fourth-order valence-corrected chi connectivity index (χ4v) is 3.10. The van der Waals surface area contributed by atoms with E-state index in [0.29, 0.717) is 5.75 Å². The molecule has 2 aromatic carbocycles.